The first kappa shape index (κ1) is 12.3. The smallest absolute Gasteiger partial charge is 0.198 e. The molecule has 4 nitrogen and oxygen atoms in total. The molecule has 0 aliphatic heterocycles. The fourth-order valence-corrected chi connectivity index (χ4v) is 3.04. The summed E-state index contributed by atoms with van der Waals surface area (Å²) in [6.45, 7) is 3.85. The van der Waals surface area contributed by atoms with E-state index in [0.29, 0.717) is 12.3 Å². The SMILES string of the molecule is Cc1nc(C)c(C(O)Cc2nc3ccccc3o2)s1. The lowest BCUT2D eigenvalue weighted by molar-refractivity contribution is 0.172. The van der Waals surface area contributed by atoms with Gasteiger partial charge in [0.05, 0.1) is 28.1 Å². The Labute approximate surface area is 114 Å². The summed E-state index contributed by atoms with van der Waals surface area (Å²) in [4.78, 5) is 9.58. The van der Waals surface area contributed by atoms with Crippen LogP contribution in [0.25, 0.3) is 11.1 Å². The molecular weight excluding hydrogens is 260 g/mol. The minimum atomic E-state index is -0.612. The van der Waals surface area contributed by atoms with E-state index in [9.17, 15) is 5.11 Å². The maximum Gasteiger partial charge on any atom is 0.198 e. The van der Waals surface area contributed by atoms with Crippen LogP contribution in [-0.4, -0.2) is 15.1 Å². The number of aromatic nitrogens is 2. The second-order valence-corrected chi connectivity index (χ2v) is 5.71. The maximum atomic E-state index is 10.3. The van der Waals surface area contributed by atoms with E-state index in [2.05, 4.69) is 9.97 Å². The molecule has 1 atom stereocenters. The number of aryl methyl sites for hydroxylation is 2. The van der Waals surface area contributed by atoms with Gasteiger partial charge in [0, 0.05) is 0 Å². The van der Waals surface area contributed by atoms with E-state index in [1.165, 1.54) is 11.3 Å². The number of para-hydroxylation sites is 2. The summed E-state index contributed by atoms with van der Waals surface area (Å²) >= 11 is 1.52. The van der Waals surface area contributed by atoms with Gasteiger partial charge in [0.2, 0.25) is 0 Å². The van der Waals surface area contributed by atoms with Crippen LogP contribution in [0.1, 0.15) is 27.6 Å². The van der Waals surface area contributed by atoms with Crippen molar-refractivity contribution in [1.29, 1.82) is 0 Å². The summed E-state index contributed by atoms with van der Waals surface area (Å²) in [6.07, 6.45) is -0.240. The van der Waals surface area contributed by atoms with Gasteiger partial charge in [-0.25, -0.2) is 9.97 Å². The molecule has 19 heavy (non-hydrogen) atoms. The van der Waals surface area contributed by atoms with Crippen LogP contribution >= 0.6 is 11.3 Å². The van der Waals surface area contributed by atoms with Gasteiger partial charge in [-0.1, -0.05) is 12.1 Å². The molecule has 1 N–H and O–H groups in total. The van der Waals surface area contributed by atoms with E-state index in [1.54, 1.807) is 0 Å². The molecule has 3 aromatic rings. The van der Waals surface area contributed by atoms with Crippen molar-refractivity contribution in [2.75, 3.05) is 0 Å². The summed E-state index contributed by atoms with van der Waals surface area (Å²) in [5, 5.41) is 11.2. The zero-order valence-electron chi connectivity index (χ0n) is 10.8. The standard InChI is InChI=1S/C14H14N2O2S/c1-8-14(19-9(2)15-8)11(17)7-13-16-10-5-3-4-6-12(10)18-13/h3-6,11,17H,7H2,1-2H3. The molecule has 1 unspecified atom stereocenters. The lowest BCUT2D eigenvalue weighted by atomic mass is 10.2. The number of aliphatic hydroxyl groups is 1. The summed E-state index contributed by atoms with van der Waals surface area (Å²) in [6, 6.07) is 7.60. The van der Waals surface area contributed by atoms with Crippen molar-refractivity contribution < 1.29 is 9.52 Å². The fourth-order valence-electron chi connectivity index (χ4n) is 2.12. The largest absolute Gasteiger partial charge is 0.441 e. The molecule has 0 radical (unpaired) electrons. The highest BCUT2D eigenvalue weighted by atomic mass is 32.1. The topological polar surface area (TPSA) is 59.2 Å². The summed E-state index contributed by atoms with van der Waals surface area (Å²) < 4.78 is 5.62. The lowest BCUT2D eigenvalue weighted by Crippen LogP contribution is -2.01. The van der Waals surface area contributed by atoms with Gasteiger partial charge >= 0.3 is 0 Å². The van der Waals surface area contributed by atoms with Crippen LogP contribution in [0.5, 0.6) is 0 Å². The Morgan fingerprint density at radius 1 is 1.26 bits per heavy atom. The van der Waals surface area contributed by atoms with Crippen LogP contribution in [0.4, 0.5) is 0 Å². The molecule has 0 bridgehead atoms. The number of oxazole rings is 1. The highest BCUT2D eigenvalue weighted by molar-refractivity contribution is 7.11. The number of nitrogens with zero attached hydrogens (tertiary/aromatic N) is 2. The van der Waals surface area contributed by atoms with Crippen LogP contribution in [-0.2, 0) is 6.42 Å². The minimum absolute atomic E-state index is 0.372. The number of thiazole rings is 1. The fraction of sp³-hybridized carbons (Fsp3) is 0.286. The lowest BCUT2D eigenvalue weighted by Gasteiger charge is -2.05. The zero-order valence-corrected chi connectivity index (χ0v) is 11.6. The highest BCUT2D eigenvalue weighted by Gasteiger charge is 2.18. The highest BCUT2D eigenvalue weighted by Crippen LogP contribution is 2.28. The average Bonchev–Trinajstić information content (AvgIpc) is 2.91. The number of benzene rings is 1. The number of rotatable bonds is 3. The zero-order chi connectivity index (χ0) is 13.4. The third-order valence-corrected chi connectivity index (χ3v) is 4.12. The minimum Gasteiger partial charge on any atom is -0.441 e. The van der Waals surface area contributed by atoms with E-state index in [0.717, 1.165) is 26.7 Å². The first-order chi connectivity index (χ1) is 9.13. The maximum absolute atomic E-state index is 10.3. The molecule has 0 saturated heterocycles. The van der Waals surface area contributed by atoms with E-state index in [4.69, 9.17) is 4.42 Å². The van der Waals surface area contributed by atoms with E-state index >= 15 is 0 Å². The molecule has 0 fully saturated rings. The Balaban J connectivity index is 1.86. The molecule has 0 amide bonds. The van der Waals surface area contributed by atoms with Crippen molar-refractivity contribution >= 4 is 22.4 Å². The van der Waals surface area contributed by atoms with Gasteiger partial charge in [0.15, 0.2) is 11.5 Å². The monoisotopic (exact) mass is 274 g/mol. The van der Waals surface area contributed by atoms with Gasteiger partial charge in [-0.05, 0) is 26.0 Å². The van der Waals surface area contributed by atoms with Crippen molar-refractivity contribution in [3.05, 3.63) is 45.7 Å². The van der Waals surface area contributed by atoms with Crippen molar-refractivity contribution in [3.63, 3.8) is 0 Å². The molecule has 0 aliphatic rings. The van der Waals surface area contributed by atoms with Gasteiger partial charge in [-0.3, -0.25) is 0 Å². The second-order valence-electron chi connectivity index (χ2n) is 4.48. The number of aliphatic hydroxyl groups excluding tert-OH is 1. The van der Waals surface area contributed by atoms with E-state index < -0.39 is 6.10 Å². The summed E-state index contributed by atoms with van der Waals surface area (Å²) in [5.74, 6) is 0.555. The molecule has 0 spiro atoms. The van der Waals surface area contributed by atoms with Crippen molar-refractivity contribution in [2.24, 2.45) is 0 Å². The second kappa shape index (κ2) is 4.75. The Kier molecular flexibility index (Phi) is 3.08. The summed E-state index contributed by atoms with van der Waals surface area (Å²) in [7, 11) is 0. The predicted molar refractivity (Wildman–Crippen MR) is 74.3 cm³/mol. The number of hydrogen-bond acceptors (Lipinski definition) is 5. The summed E-state index contributed by atoms with van der Waals surface area (Å²) in [5.41, 5.74) is 2.45. The van der Waals surface area contributed by atoms with Crippen LogP contribution in [0.2, 0.25) is 0 Å². The van der Waals surface area contributed by atoms with Crippen molar-refractivity contribution in [3.8, 4) is 0 Å². The first-order valence-electron chi connectivity index (χ1n) is 6.10. The molecular formula is C14H14N2O2S. The molecule has 1 aromatic carbocycles. The third kappa shape index (κ3) is 2.39. The van der Waals surface area contributed by atoms with Crippen LogP contribution in [0.15, 0.2) is 28.7 Å². The average molecular weight is 274 g/mol. The van der Waals surface area contributed by atoms with Crippen molar-refractivity contribution in [1.82, 2.24) is 9.97 Å². The number of fused-ring (bicyclic) bond motifs is 1. The molecule has 0 saturated carbocycles. The van der Waals surface area contributed by atoms with Gasteiger partial charge in [-0.15, -0.1) is 11.3 Å². The van der Waals surface area contributed by atoms with E-state index in [-0.39, 0.29) is 0 Å². The Morgan fingerprint density at radius 2 is 2.05 bits per heavy atom. The molecule has 5 heteroatoms. The van der Waals surface area contributed by atoms with Crippen LogP contribution < -0.4 is 0 Å². The molecule has 2 heterocycles. The molecule has 3 rings (SSSR count). The first-order valence-corrected chi connectivity index (χ1v) is 6.91. The van der Waals surface area contributed by atoms with Gasteiger partial charge < -0.3 is 9.52 Å². The molecule has 0 aliphatic carbocycles. The predicted octanol–water partition coefficient (Wildman–Crippen LogP) is 3.18. The van der Waals surface area contributed by atoms with E-state index in [1.807, 2.05) is 38.1 Å². The quantitative estimate of drug-likeness (QED) is 0.797. The van der Waals surface area contributed by atoms with Crippen molar-refractivity contribution in [2.45, 2.75) is 26.4 Å². The molecule has 2 aromatic heterocycles. The Bertz CT molecular complexity index is 684. The van der Waals surface area contributed by atoms with Gasteiger partial charge in [0.25, 0.3) is 0 Å². The van der Waals surface area contributed by atoms with Crippen LogP contribution in [0, 0.1) is 13.8 Å². The molecule has 98 valence electrons. The van der Waals surface area contributed by atoms with Gasteiger partial charge in [-0.2, -0.15) is 0 Å². The Hall–Kier alpha value is -1.72. The number of hydrogen-bond donors (Lipinski definition) is 1. The Morgan fingerprint density at radius 3 is 2.74 bits per heavy atom. The third-order valence-electron chi connectivity index (χ3n) is 2.95. The normalized spacial score (nSPS) is 13.0. The van der Waals surface area contributed by atoms with Gasteiger partial charge in [0.1, 0.15) is 5.52 Å². The van der Waals surface area contributed by atoms with Crippen LogP contribution in [0.3, 0.4) is 0 Å².